The average Bonchev–Trinajstić information content (AvgIpc) is 2.35. The molecular weight excluding hydrogens is 348 g/mol. The molecule has 0 saturated carbocycles. The van der Waals surface area contributed by atoms with Crippen LogP contribution in [0.25, 0.3) is 0 Å². The van der Waals surface area contributed by atoms with Crippen LogP contribution < -0.4 is 10.5 Å². The number of hydrogen-bond acceptors (Lipinski definition) is 4. The Morgan fingerprint density at radius 2 is 2.11 bits per heavy atom. The third-order valence-corrected chi connectivity index (χ3v) is 3.18. The first-order valence-corrected chi connectivity index (χ1v) is 5.97. The molecule has 2 aromatic rings. The number of pyridine rings is 1. The number of aromatic nitrogens is 1. The fourth-order valence-electron chi connectivity index (χ4n) is 1.30. The van der Waals surface area contributed by atoms with E-state index >= 15 is 0 Å². The minimum Gasteiger partial charge on any atom is -0.453 e. The summed E-state index contributed by atoms with van der Waals surface area (Å²) in [6.45, 7) is 0. The lowest BCUT2D eigenvalue weighted by molar-refractivity contribution is 0.439. The average molecular weight is 355 g/mol. The van der Waals surface area contributed by atoms with E-state index in [2.05, 4.69) is 4.98 Å². The Morgan fingerprint density at radius 1 is 1.33 bits per heavy atom. The fourth-order valence-corrected chi connectivity index (χ4v) is 1.85. The van der Waals surface area contributed by atoms with Crippen molar-refractivity contribution >= 4 is 28.3 Å². The van der Waals surface area contributed by atoms with Crippen molar-refractivity contribution < 1.29 is 9.13 Å². The summed E-state index contributed by atoms with van der Waals surface area (Å²) in [6.07, 6.45) is 1.44. The highest BCUT2D eigenvalue weighted by molar-refractivity contribution is 14.1. The number of nitriles is 1. The maximum absolute atomic E-state index is 13.6. The molecule has 1 aromatic heterocycles. The van der Waals surface area contributed by atoms with Gasteiger partial charge in [0.2, 0.25) is 0 Å². The Hall–Kier alpha value is -1.88. The monoisotopic (exact) mass is 355 g/mol. The summed E-state index contributed by atoms with van der Waals surface area (Å²) in [5, 5.41) is 8.84. The van der Waals surface area contributed by atoms with Crippen LogP contribution in [-0.2, 0) is 0 Å². The van der Waals surface area contributed by atoms with E-state index in [1.165, 1.54) is 24.4 Å². The van der Waals surface area contributed by atoms with Gasteiger partial charge >= 0.3 is 0 Å². The van der Waals surface area contributed by atoms with Gasteiger partial charge in [-0.05, 0) is 34.7 Å². The number of benzene rings is 1. The van der Waals surface area contributed by atoms with Crippen LogP contribution in [0.1, 0.15) is 5.69 Å². The van der Waals surface area contributed by atoms with Crippen molar-refractivity contribution in [3.05, 3.63) is 45.5 Å². The molecule has 0 atom stereocenters. The molecule has 0 aliphatic rings. The quantitative estimate of drug-likeness (QED) is 0.664. The largest absolute Gasteiger partial charge is 0.453 e. The molecule has 18 heavy (non-hydrogen) atoms. The van der Waals surface area contributed by atoms with E-state index in [0.717, 1.165) is 0 Å². The maximum atomic E-state index is 13.6. The normalized spacial score (nSPS) is 9.83. The lowest BCUT2D eigenvalue weighted by atomic mass is 10.3. The van der Waals surface area contributed by atoms with Crippen LogP contribution in [-0.4, -0.2) is 4.98 Å². The minimum absolute atomic E-state index is 0.0530. The van der Waals surface area contributed by atoms with Crippen molar-refractivity contribution in [2.45, 2.75) is 0 Å². The zero-order chi connectivity index (χ0) is 13.1. The molecule has 0 saturated heterocycles. The van der Waals surface area contributed by atoms with E-state index in [1.54, 1.807) is 6.07 Å². The van der Waals surface area contributed by atoms with Gasteiger partial charge in [-0.25, -0.2) is 9.37 Å². The molecule has 0 spiro atoms. The van der Waals surface area contributed by atoms with Gasteiger partial charge in [-0.3, -0.25) is 0 Å². The summed E-state index contributed by atoms with van der Waals surface area (Å²) in [7, 11) is 0. The highest BCUT2D eigenvalue weighted by Gasteiger charge is 2.11. The minimum atomic E-state index is -0.555. The second kappa shape index (κ2) is 5.18. The number of anilines is 1. The summed E-state index contributed by atoms with van der Waals surface area (Å²) >= 11 is 1.93. The van der Waals surface area contributed by atoms with Crippen molar-refractivity contribution in [1.29, 1.82) is 5.26 Å². The molecule has 2 N–H and O–H groups in total. The third-order valence-electron chi connectivity index (χ3n) is 2.14. The van der Waals surface area contributed by atoms with E-state index in [9.17, 15) is 4.39 Å². The smallest absolute Gasteiger partial charge is 0.167 e. The van der Waals surface area contributed by atoms with Gasteiger partial charge in [-0.15, -0.1) is 0 Å². The molecule has 0 aliphatic heterocycles. The summed E-state index contributed by atoms with van der Waals surface area (Å²) in [6, 6.07) is 7.65. The van der Waals surface area contributed by atoms with Gasteiger partial charge in [0.05, 0.1) is 3.57 Å². The van der Waals surface area contributed by atoms with E-state index < -0.39 is 5.82 Å². The Bertz CT molecular complexity index is 640. The van der Waals surface area contributed by atoms with E-state index in [1.807, 2.05) is 28.7 Å². The molecule has 0 fully saturated rings. The first-order chi connectivity index (χ1) is 8.61. The molecule has 2 rings (SSSR count). The lowest BCUT2D eigenvalue weighted by Crippen LogP contribution is -1.95. The van der Waals surface area contributed by atoms with Gasteiger partial charge in [0, 0.05) is 24.0 Å². The molecular formula is C12H7FIN3O. The third kappa shape index (κ3) is 2.51. The van der Waals surface area contributed by atoms with Crippen LogP contribution in [0.3, 0.4) is 0 Å². The molecule has 0 aliphatic carbocycles. The summed E-state index contributed by atoms with van der Waals surface area (Å²) < 4.78 is 19.5. The highest BCUT2D eigenvalue weighted by Crippen LogP contribution is 2.30. The molecule has 0 amide bonds. The Morgan fingerprint density at radius 3 is 2.78 bits per heavy atom. The Balaban J connectivity index is 2.38. The predicted octanol–water partition coefficient (Wildman–Crippen LogP) is 3.07. The van der Waals surface area contributed by atoms with Crippen LogP contribution in [0.2, 0.25) is 0 Å². The van der Waals surface area contributed by atoms with E-state index in [0.29, 0.717) is 15.0 Å². The zero-order valence-electron chi connectivity index (χ0n) is 9.02. The number of nitrogens with zero attached hydrogens (tertiary/aromatic N) is 2. The van der Waals surface area contributed by atoms with Crippen LogP contribution in [0.5, 0.6) is 11.5 Å². The summed E-state index contributed by atoms with van der Waals surface area (Å²) in [4.78, 5) is 3.87. The standard InChI is InChI=1S/C12H7FIN3O/c13-8-5-7(16)1-2-10(8)18-11-3-4-17-9(6-15)12(11)14/h1-5H,16H2. The number of rotatable bonds is 2. The van der Waals surface area contributed by atoms with Crippen LogP contribution in [0.15, 0.2) is 30.5 Å². The van der Waals surface area contributed by atoms with Gasteiger partial charge in [-0.1, -0.05) is 0 Å². The number of nitrogens with two attached hydrogens (primary N) is 1. The van der Waals surface area contributed by atoms with Crippen LogP contribution in [0, 0.1) is 20.7 Å². The first kappa shape index (κ1) is 12.6. The second-order valence-corrected chi connectivity index (χ2v) is 4.45. The van der Waals surface area contributed by atoms with Crippen molar-refractivity contribution in [3.8, 4) is 17.6 Å². The highest BCUT2D eigenvalue weighted by atomic mass is 127. The topological polar surface area (TPSA) is 71.9 Å². The molecule has 1 aromatic carbocycles. The Kier molecular flexibility index (Phi) is 3.62. The number of ether oxygens (including phenoxy) is 1. The molecule has 0 bridgehead atoms. The molecule has 0 radical (unpaired) electrons. The maximum Gasteiger partial charge on any atom is 0.167 e. The molecule has 90 valence electrons. The first-order valence-electron chi connectivity index (χ1n) is 4.89. The van der Waals surface area contributed by atoms with Gasteiger partial charge in [-0.2, -0.15) is 5.26 Å². The summed E-state index contributed by atoms with van der Waals surface area (Å²) in [5.41, 5.74) is 6.01. The summed E-state index contributed by atoms with van der Waals surface area (Å²) in [5.74, 6) is -0.121. The number of halogens is 2. The molecule has 4 nitrogen and oxygen atoms in total. The predicted molar refractivity (Wildman–Crippen MR) is 72.6 cm³/mol. The van der Waals surface area contributed by atoms with E-state index in [-0.39, 0.29) is 11.4 Å². The number of hydrogen-bond donors (Lipinski definition) is 1. The van der Waals surface area contributed by atoms with Crippen LogP contribution in [0.4, 0.5) is 10.1 Å². The zero-order valence-corrected chi connectivity index (χ0v) is 11.2. The lowest BCUT2D eigenvalue weighted by Gasteiger charge is -2.09. The number of nitrogen functional groups attached to an aromatic ring is 1. The van der Waals surface area contributed by atoms with Crippen molar-refractivity contribution in [2.24, 2.45) is 0 Å². The van der Waals surface area contributed by atoms with Crippen molar-refractivity contribution in [3.63, 3.8) is 0 Å². The Labute approximate surface area is 116 Å². The SMILES string of the molecule is N#Cc1nccc(Oc2ccc(N)cc2F)c1I. The van der Waals surface area contributed by atoms with Gasteiger partial charge in [0.15, 0.2) is 17.3 Å². The van der Waals surface area contributed by atoms with Gasteiger partial charge in [0.1, 0.15) is 11.8 Å². The van der Waals surface area contributed by atoms with Crippen LogP contribution >= 0.6 is 22.6 Å². The molecule has 1 heterocycles. The van der Waals surface area contributed by atoms with E-state index in [4.69, 9.17) is 15.7 Å². The van der Waals surface area contributed by atoms with Gasteiger partial charge < -0.3 is 10.5 Å². The fraction of sp³-hybridized carbons (Fsp3) is 0. The molecule has 6 heteroatoms. The molecule has 0 unspecified atom stereocenters. The van der Waals surface area contributed by atoms with Gasteiger partial charge in [0.25, 0.3) is 0 Å². The van der Waals surface area contributed by atoms with Crippen molar-refractivity contribution in [2.75, 3.05) is 5.73 Å². The second-order valence-electron chi connectivity index (χ2n) is 3.38. The van der Waals surface area contributed by atoms with Crippen molar-refractivity contribution in [1.82, 2.24) is 4.98 Å².